The number of Topliss-reactive ketones (excluding diaryl/α,β-unsaturated/α-hetero) is 1. The van der Waals surface area contributed by atoms with Gasteiger partial charge in [-0.1, -0.05) is 13.0 Å². The van der Waals surface area contributed by atoms with E-state index in [9.17, 15) is 14.4 Å². The number of benzene rings is 2. The minimum absolute atomic E-state index is 0.0565. The van der Waals surface area contributed by atoms with Crippen molar-refractivity contribution >= 4 is 29.3 Å². The molecule has 2 atom stereocenters. The number of nitriles is 1. The van der Waals surface area contributed by atoms with E-state index in [1.165, 1.54) is 42.6 Å². The van der Waals surface area contributed by atoms with Crippen LogP contribution in [-0.2, 0) is 0 Å². The van der Waals surface area contributed by atoms with Gasteiger partial charge in [-0.15, -0.1) is 0 Å². The Bertz CT molecular complexity index is 1400. The third kappa shape index (κ3) is 5.90. The molecule has 0 spiro atoms. The number of ketones is 1. The summed E-state index contributed by atoms with van der Waals surface area (Å²) in [6, 6.07) is 12.5. The van der Waals surface area contributed by atoms with Crippen LogP contribution in [-0.4, -0.2) is 28.8 Å². The molecule has 0 unspecified atom stereocenters. The third-order valence-corrected chi connectivity index (χ3v) is 5.85. The van der Waals surface area contributed by atoms with Crippen LogP contribution in [0.2, 0.25) is 0 Å². The highest BCUT2D eigenvalue weighted by atomic mass is 19.1. The maximum atomic E-state index is 15.1. The number of halogens is 1. The van der Waals surface area contributed by atoms with E-state index in [-0.39, 0.29) is 40.5 Å². The highest BCUT2D eigenvalue weighted by molar-refractivity contribution is 6.01. The van der Waals surface area contributed by atoms with Gasteiger partial charge in [0, 0.05) is 35.8 Å². The van der Waals surface area contributed by atoms with Crippen molar-refractivity contribution in [3.05, 3.63) is 82.8 Å². The zero-order valence-electron chi connectivity index (χ0n) is 20.0. The Morgan fingerprint density at radius 2 is 2.03 bits per heavy atom. The van der Waals surface area contributed by atoms with Crippen LogP contribution >= 0.6 is 0 Å². The minimum atomic E-state index is -0.778. The fourth-order valence-electron chi connectivity index (χ4n) is 3.96. The number of urea groups is 1. The summed E-state index contributed by atoms with van der Waals surface area (Å²) in [5, 5.41) is 14.1. The molecule has 1 heterocycles. The summed E-state index contributed by atoms with van der Waals surface area (Å²) >= 11 is 0. The minimum Gasteiger partial charge on any atom is -0.422 e. The maximum Gasteiger partial charge on any atom is 0.343 e. The summed E-state index contributed by atoms with van der Waals surface area (Å²) < 4.78 is 20.7. The van der Waals surface area contributed by atoms with Crippen LogP contribution in [0.4, 0.5) is 20.7 Å². The van der Waals surface area contributed by atoms with E-state index in [0.29, 0.717) is 24.1 Å². The van der Waals surface area contributed by atoms with E-state index in [4.69, 9.17) is 15.7 Å². The van der Waals surface area contributed by atoms with Gasteiger partial charge in [0.1, 0.15) is 23.5 Å². The van der Waals surface area contributed by atoms with E-state index < -0.39 is 29.8 Å². The van der Waals surface area contributed by atoms with Gasteiger partial charge < -0.3 is 15.8 Å². The predicted octanol–water partition coefficient (Wildman–Crippen LogP) is 4.55. The molecule has 0 saturated heterocycles. The van der Waals surface area contributed by atoms with Crippen LogP contribution in [0, 0.1) is 17.1 Å². The highest BCUT2D eigenvalue weighted by Gasteiger charge is 2.44. The lowest BCUT2D eigenvalue weighted by atomic mass is 9.99. The molecule has 10 heteroatoms. The number of amides is 2. The van der Waals surface area contributed by atoms with Crippen molar-refractivity contribution in [3.63, 3.8) is 0 Å². The summed E-state index contributed by atoms with van der Waals surface area (Å²) in [4.78, 5) is 42.1. The quantitative estimate of drug-likeness (QED) is 0.177. The molecule has 1 aromatic heterocycles. The first-order valence-electron chi connectivity index (χ1n) is 11.7. The lowest BCUT2D eigenvalue weighted by Gasteiger charge is -2.16. The Balaban J connectivity index is 1.57. The van der Waals surface area contributed by atoms with Gasteiger partial charge in [-0.25, -0.2) is 19.0 Å². The number of esters is 1. The molecule has 1 saturated carbocycles. The Hall–Kier alpha value is -4.78. The molecule has 4 rings (SSSR count). The smallest absolute Gasteiger partial charge is 0.343 e. The number of carbonyl (C=O) groups excluding carboxylic acids is 3. The SMILES string of the molecule is CCCC(=O)c1ccc(F)c([C@H]2C[C@H]2NC(=O)Nc2ccc(C#N)cn2)c1OC(=O)c1cccc(N)c1. The van der Waals surface area contributed by atoms with Gasteiger partial charge >= 0.3 is 12.0 Å². The predicted molar refractivity (Wildman–Crippen MR) is 134 cm³/mol. The molecule has 1 aliphatic carbocycles. The number of rotatable bonds is 8. The van der Waals surface area contributed by atoms with Gasteiger partial charge in [0.15, 0.2) is 5.78 Å². The van der Waals surface area contributed by atoms with Crippen molar-refractivity contribution in [1.29, 1.82) is 5.26 Å². The molecule has 9 nitrogen and oxygen atoms in total. The monoisotopic (exact) mass is 501 g/mol. The van der Waals surface area contributed by atoms with E-state index >= 15 is 4.39 Å². The molecule has 3 aromatic rings. The van der Waals surface area contributed by atoms with Crippen LogP contribution in [0.15, 0.2) is 54.7 Å². The van der Waals surface area contributed by atoms with Gasteiger partial charge in [0.2, 0.25) is 0 Å². The molecule has 37 heavy (non-hydrogen) atoms. The van der Waals surface area contributed by atoms with Crippen molar-refractivity contribution in [2.45, 2.75) is 38.1 Å². The first kappa shape index (κ1) is 25.3. The summed E-state index contributed by atoms with van der Waals surface area (Å²) in [6.07, 6.45) is 2.45. The van der Waals surface area contributed by atoms with Crippen LogP contribution in [0.3, 0.4) is 0 Å². The normalized spacial score (nSPS) is 15.8. The van der Waals surface area contributed by atoms with Gasteiger partial charge in [0.25, 0.3) is 0 Å². The van der Waals surface area contributed by atoms with E-state index in [1.54, 1.807) is 12.1 Å². The number of nitrogens with one attached hydrogen (secondary N) is 2. The number of aromatic nitrogens is 1. The van der Waals surface area contributed by atoms with Crippen LogP contribution in [0.25, 0.3) is 0 Å². The summed E-state index contributed by atoms with van der Waals surface area (Å²) in [6.45, 7) is 1.84. The van der Waals surface area contributed by atoms with E-state index in [0.717, 1.165) is 0 Å². The van der Waals surface area contributed by atoms with Crippen molar-refractivity contribution in [3.8, 4) is 11.8 Å². The molecule has 4 N–H and O–H groups in total. The second-order valence-corrected chi connectivity index (χ2v) is 8.62. The lowest BCUT2D eigenvalue weighted by molar-refractivity contribution is 0.0730. The first-order chi connectivity index (χ1) is 17.8. The van der Waals surface area contributed by atoms with Gasteiger partial charge in [-0.2, -0.15) is 5.26 Å². The number of carbonyl (C=O) groups is 3. The van der Waals surface area contributed by atoms with Gasteiger partial charge in [0.05, 0.1) is 16.7 Å². The summed E-state index contributed by atoms with van der Waals surface area (Å²) in [7, 11) is 0. The lowest BCUT2D eigenvalue weighted by Crippen LogP contribution is -2.31. The maximum absolute atomic E-state index is 15.1. The Labute approximate surface area is 212 Å². The number of hydrogen-bond donors (Lipinski definition) is 3. The van der Waals surface area contributed by atoms with Crippen LogP contribution < -0.4 is 21.1 Å². The topological polar surface area (TPSA) is 147 Å². The molecule has 1 aliphatic rings. The van der Waals surface area contributed by atoms with Crippen molar-refractivity contribution in [2.75, 3.05) is 11.1 Å². The third-order valence-electron chi connectivity index (χ3n) is 5.85. The number of ether oxygens (including phenoxy) is 1. The fourth-order valence-corrected chi connectivity index (χ4v) is 3.96. The van der Waals surface area contributed by atoms with Gasteiger partial charge in [-0.3, -0.25) is 10.1 Å². The zero-order valence-corrected chi connectivity index (χ0v) is 20.0. The van der Waals surface area contributed by atoms with Crippen LogP contribution in [0.1, 0.15) is 63.9 Å². The molecule has 1 fully saturated rings. The average Bonchev–Trinajstić information content (AvgIpc) is 3.62. The molecule has 0 aliphatic heterocycles. The largest absolute Gasteiger partial charge is 0.422 e. The number of hydrogen-bond acceptors (Lipinski definition) is 7. The summed E-state index contributed by atoms with van der Waals surface area (Å²) in [5.41, 5.74) is 6.78. The van der Waals surface area contributed by atoms with E-state index in [2.05, 4.69) is 15.6 Å². The zero-order chi connectivity index (χ0) is 26.5. The molecule has 0 bridgehead atoms. The standard InChI is InChI=1S/C27H24FN5O4/c1-2-4-22(34)18-8-9-20(28)24(25(18)37-26(35)16-5-3-6-17(30)11-16)19-12-21(19)32-27(36)33-23-10-7-15(13-29)14-31-23/h3,5-11,14,19,21H,2,4,12,30H2,1H3,(H2,31,32,33,36)/t19-,21+/m0/s1. The number of nitrogens with two attached hydrogens (primary N) is 1. The van der Waals surface area contributed by atoms with Crippen molar-refractivity contribution < 1.29 is 23.5 Å². The highest BCUT2D eigenvalue weighted by Crippen LogP contribution is 2.47. The number of nitrogens with zero attached hydrogens (tertiary/aromatic N) is 2. The Morgan fingerprint density at radius 3 is 2.70 bits per heavy atom. The average molecular weight is 502 g/mol. The molecule has 0 radical (unpaired) electrons. The molecule has 2 aromatic carbocycles. The Morgan fingerprint density at radius 1 is 1.22 bits per heavy atom. The van der Waals surface area contributed by atoms with Crippen LogP contribution in [0.5, 0.6) is 5.75 Å². The Kier molecular flexibility index (Phi) is 7.44. The number of nitrogen functional groups attached to an aromatic ring is 1. The number of pyridine rings is 1. The molecular weight excluding hydrogens is 477 g/mol. The first-order valence-corrected chi connectivity index (χ1v) is 11.7. The molecule has 188 valence electrons. The second kappa shape index (κ2) is 10.9. The number of anilines is 2. The van der Waals surface area contributed by atoms with Crippen molar-refractivity contribution in [1.82, 2.24) is 10.3 Å². The fraction of sp³-hybridized carbons (Fsp3) is 0.222. The van der Waals surface area contributed by atoms with Crippen molar-refractivity contribution in [2.24, 2.45) is 0 Å². The molecule has 2 amide bonds. The molecular formula is C27H24FN5O4. The summed E-state index contributed by atoms with van der Waals surface area (Å²) in [5.74, 6) is -2.13. The van der Waals surface area contributed by atoms with E-state index in [1.807, 2.05) is 13.0 Å². The van der Waals surface area contributed by atoms with Gasteiger partial charge in [-0.05, 0) is 55.3 Å². The second-order valence-electron chi connectivity index (χ2n) is 8.62.